The summed E-state index contributed by atoms with van der Waals surface area (Å²) in [6.45, 7) is -2.98. The van der Waals surface area contributed by atoms with Crippen LogP contribution in [-0.4, -0.2) is 19.5 Å². The van der Waals surface area contributed by atoms with Crippen LogP contribution in [0.4, 0.5) is 8.78 Å². The van der Waals surface area contributed by atoms with Gasteiger partial charge in [0, 0.05) is 10.9 Å². The number of benzene rings is 1. The van der Waals surface area contributed by atoms with Crippen LogP contribution in [0.3, 0.4) is 0 Å². The number of halogens is 3. The first-order valence-electron chi connectivity index (χ1n) is 5.86. The summed E-state index contributed by atoms with van der Waals surface area (Å²) in [6, 6.07) is 2.92. The molecule has 0 saturated heterocycles. The van der Waals surface area contributed by atoms with E-state index < -0.39 is 6.61 Å². The average Bonchev–Trinajstić information content (AvgIpc) is 3.10. The van der Waals surface area contributed by atoms with Gasteiger partial charge in [0.2, 0.25) is 0 Å². The quantitative estimate of drug-likeness (QED) is 0.736. The third-order valence-corrected chi connectivity index (χ3v) is 3.37. The lowest BCUT2D eigenvalue weighted by atomic mass is 10.0. The van der Waals surface area contributed by atoms with E-state index in [1.807, 2.05) is 0 Å². The minimum absolute atomic E-state index is 0.0953. The van der Waals surface area contributed by atoms with E-state index in [4.69, 9.17) is 4.74 Å². The number of ether oxygens (including phenoxy) is 2. The Morgan fingerprint density at radius 3 is 2.58 bits per heavy atom. The van der Waals surface area contributed by atoms with Crippen LogP contribution in [0.2, 0.25) is 0 Å². The summed E-state index contributed by atoms with van der Waals surface area (Å²) in [4.78, 5) is 12.2. The molecular weight excluding hydrogens is 322 g/mol. The van der Waals surface area contributed by atoms with Crippen molar-refractivity contribution in [3.05, 3.63) is 22.2 Å². The van der Waals surface area contributed by atoms with Crippen molar-refractivity contribution in [2.75, 3.05) is 7.11 Å². The number of methoxy groups -OCH3 is 1. The van der Waals surface area contributed by atoms with Crippen molar-refractivity contribution in [1.82, 2.24) is 0 Å². The summed E-state index contributed by atoms with van der Waals surface area (Å²) in [5.41, 5.74) is 0.0953. The monoisotopic (exact) mass is 334 g/mol. The Hall–Kier alpha value is -1.17. The number of ketones is 1. The molecule has 0 radical (unpaired) electrons. The molecule has 104 valence electrons. The minimum Gasteiger partial charge on any atom is -0.496 e. The van der Waals surface area contributed by atoms with Gasteiger partial charge in [0.15, 0.2) is 5.78 Å². The van der Waals surface area contributed by atoms with E-state index in [0.717, 1.165) is 12.8 Å². The molecule has 0 unspecified atom stereocenters. The fraction of sp³-hybridized carbons (Fsp3) is 0.462. The van der Waals surface area contributed by atoms with Gasteiger partial charge in [-0.1, -0.05) is 15.9 Å². The lowest BCUT2D eigenvalue weighted by Gasteiger charge is -2.14. The predicted molar refractivity (Wildman–Crippen MR) is 69.0 cm³/mol. The van der Waals surface area contributed by atoms with Crippen LogP contribution in [0.1, 0.15) is 29.6 Å². The Bertz CT molecular complexity index is 487. The van der Waals surface area contributed by atoms with Crippen molar-refractivity contribution in [2.45, 2.75) is 25.9 Å². The highest BCUT2D eigenvalue weighted by molar-refractivity contribution is 9.10. The van der Waals surface area contributed by atoms with Crippen LogP contribution in [0.5, 0.6) is 11.5 Å². The van der Waals surface area contributed by atoms with E-state index in [1.54, 1.807) is 6.07 Å². The van der Waals surface area contributed by atoms with E-state index >= 15 is 0 Å². The standard InChI is InChI=1S/C13H13BrF2O3/c1-18-10-5-8(14)6-11(19-13(15)16)12(10)9(17)4-7-2-3-7/h5-7,13H,2-4H2,1H3. The van der Waals surface area contributed by atoms with Gasteiger partial charge in [0.05, 0.1) is 7.11 Å². The van der Waals surface area contributed by atoms with Crippen molar-refractivity contribution in [3.63, 3.8) is 0 Å². The topological polar surface area (TPSA) is 35.5 Å². The molecule has 0 bridgehead atoms. The number of alkyl halides is 2. The second-order valence-corrected chi connectivity index (χ2v) is 5.35. The maximum Gasteiger partial charge on any atom is 0.387 e. The Morgan fingerprint density at radius 2 is 2.05 bits per heavy atom. The van der Waals surface area contributed by atoms with Crippen LogP contribution in [0.25, 0.3) is 0 Å². The lowest BCUT2D eigenvalue weighted by Crippen LogP contribution is -2.10. The van der Waals surface area contributed by atoms with Crippen LogP contribution >= 0.6 is 15.9 Å². The molecule has 0 aliphatic heterocycles. The van der Waals surface area contributed by atoms with Crippen LogP contribution in [0.15, 0.2) is 16.6 Å². The van der Waals surface area contributed by atoms with Gasteiger partial charge in [-0.05, 0) is 30.9 Å². The Labute approximate surface area is 118 Å². The van der Waals surface area contributed by atoms with E-state index in [9.17, 15) is 13.6 Å². The predicted octanol–water partition coefficient (Wildman–Crippen LogP) is 4.04. The SMILES string of the molecule is COc1cc(Br)cc(OC(F)F)c1C(=O)CC1CC1. The summed E-state index contributed by atoms with van der Waals surface area (Å²) < 4.78 is 34.9. The first-order chi connectivity index (χ1) is 9.01. The highest BCUT2D eigenvalue weighted by Gasteiger charge is 2.29. The van der Waals surface area contributed by atoms with Gasteiger partial charge in [-0.25, -0.2) is 0 Å². The number of hydrogen-bond donors (Lipinski definition) is 0. The smallest absolute Gasteiger partial charge is 0.387 e. The van der Waals surface area contributed by atoms with Gasteiger partial charge in [-0.3, -0.25) is 4.79 Å². The Morgan fingerprint density at radius 1 is 1.42 bits per heavy atom. The summed E-state index contributed by atoms with van der Waals surface area (Å²) in [7, 11) is 1.39. The number of carbonyl (C=O) groups is 1. The largest absolute Gasteiger partial charge is 0.496 e. The molecule has 0 N–H and O–H groups in total. The molecule has 1 aromatic rings. The molecular formula is C13H13BrF2O3. The van der Waals surface area contributed by atoms with Crippen molar-refractivity contribution in [1.29, 1.82) is 0 Å². The zero-order valence-corrected chi connectivity index (χ0v) is 11.9. The van der Waals surface area contributed by atoms with Crippen molar-refractivity contribution >= 4 is 21.7 Å². The molecule has 1 aliphatic carbocycles. The number of Topliss-reactive ketones (excluding diaryl/α,β-unsaturated/α-hetero) is 1. The molecule has 3 nitrogen and oxygen atoms in total. The van der Waals surface area contributed by atoms with Gasteiger partial charge in [-0.15, -0.1) is 0 Å². The third kappa shape index (κ3) is 3.65. The van der Waals surface area contributed by atoms with Gasteiger partial charge in [-0.2, -0.15) is 8.78 Å². The van der Waals surface area contributed by atoms with E-state index in [2.05, 4.69) is 20.7 Å². The highest BCUT2D eigenvalue weighted by atomic mass is 79.9. The molecule has 0 spiro atoms. The molecule has 0 atom stereocenters. The zero-order chi connectivity index (χ0) is 14.0. The molecule has 0 aromatic heterocycles. The molecule has 19 heavy (non-hydrogen) atoms. The first kappa shape index (κ1) is 14.2. The van der Waals surface area contributed by atoms with Crippen molar-refractivity contribution in [3.8, 4) is 11.5 Å². The van der Waals surface area contributed by atoms with E-state index in [-0.39, 0.29) is 22.8 Å². The number of rotatable bonds is 6. The van der Waals surface area contributed by atoms with Crippen molar-refractivity contribution < 1.29 is 23.0 Å². The summed E-state index contributed by atoms with van der Waals surface area (Å²) in [6.07, 6.45) is 2.36. The molecule has 0 heterocycles. The number of carbonyl (C=O) groups excluding carboxylic acids is 1. The highest BCUT2D eigenvalue weighted by Crippen LogP contribution is 2.39. The van der Waals surface area contributed by atoms with Crippen LogP contribution in [-0.2, 0) is 0 Å². The van der Waals surface area contributed by atoms with Crippen LogP contribution < -0.4 is 9.47 Å². The summed E-state index contributed by atoms with van der Waals surface area (Å²) in [5, 5.41) is 0. The molecule has 6 heteroatoms. The van der Waals surface area contributed by atoms with Gasteiger partial charge < -0.3 is 9.47 Å². The third-order valence-electron chi connectivity index (χ3n) is 2.92. The van der Waals surface area contributed by atoms with Gasteiger partial charge in [0.1, 0.15) is 17.1 Å². The van der Waals surface area contributed by atoms with Gasteiger partial charge >= 0.3 is 6.61 Å². The Balaban J connectivity index is 2.37. The van der Waals surface area contributed by atoms with Crippen molar-refractivity contribution in [2.24, 2.45) is 5.92 Å². The second-order valence-electron chi connectivity index (χ2n) is 4.43. The fourth-order valence-electron chi connectivity index (χ4n) is 1.87. The molecule has 1 saturated carbocycles. The minimum atomic E-state index is -2.98. The normalized spacial score (nSPS) is 14.6. The number of hydrogen-bond acceptors (Lipinski definition) is 3. The van der Waals surface area contributed by atoms with Crippen LogP contribution in [0, 0.1) is 5.92 Å². The van der Waals surface area contributed by atoms with Gasteiger partial charge in [0.25, 0.3) is 0 Å². The maximum atomic E-state index is 12.4. The van der Waals surface area contributed by atoms with E-state index in [1.165, 1.54) is 13.2 Å². The zero-order valence-electron chi connectivity index (χ0n) is 10.3. The lowest BCUT2D eigenvalue weighted by molar-refractivity contribution is -0.0502. The second kappa shape index (κ2) is 5.86. The molecule has 1 aromatic carbocycles. The molecule has 2 rings (SSSR count). The maximum absolute atomic E-state index is 12.4. The average molecular weight is 335 g/mol. The van der Waals surface area contributed by atoms with E-state index in [0.29, 0.717) is 16.8 Å². The first-order valence-corrected chi connectivity index (χ1v) is 6.66. The summed E-state index contributed by atoms with van der Waals surface area (Å²) in [5.74, 6) is 0.241. The Kier molecular flexibility index (Phi) is 4.39. The summed E-state index contributed by atoms with van der Waals surface area (Å²) >= 11 is 3.17. The fourth-order valence-corrected chi connectivity index (χ4v) is 2.28. The molecule has 0 amide bonds. The molecule has 1 aliphatic rings. The molecule has 1 fully saturated rings.